The van der Waals surface area contributed by atoms with Gasteiger partial charge < -0.3 is 10.3 Å². The Kier molecular flexibility index (Phi) is 4.05. The number of amides is 1. The van der Waals surface area contributed by atoms with Crippen molar-refractivity contribution < 1.29 is 9.59 Å². The van der Waals surface area contributed by atoms with Gasteiger partial charge in [-0.15, -0.1) is 0 Å². The lowest BCUT2D eigenvalue weighted by Gasteiger charge is -2.29. The molecule has 24 heavy (non-hydrogen) atoms. The van der Waals surface area contributed by atoms with E-state index in [1.165, 1.54) is 6.07 Å². The van der Waals surface area contributed by atoms with Gasteiger partial charge in [-0.3, -0.25) is 14.4 Å². The third-order valence-corrected chi connectivity index (χ3v) is 4.41. The number of pyridine rings is 1. The topological polar surface area (TPSA) is 79.0 Å². The molecular weight excluding hydrogens is 328 g/mol. The van der Waals surface area contributed by atoms with Crippen LogP contribution in [0.3, 0.4) is 0 Å². The Morgan fingerprint density at radius 3 is 2.62 bits per heavy atom. The van der Waals surface area contributed by atoms with Crippen molar-refractivity contribution in [3.63, 3.8) is 0 Å². The molecule has 0 bridgehead atoms. The smallest absolute Gasteiger partial charge is 0.261 e. The van der Waals surface area contributed by atoms with E-state index in [4.69, 9.17) is 11.6 Å². The Hall–Kier alpha value is -2.40. The first-order valence-electron chi connectivity index (χ1n) is 7.62. The number of anilines is 1. The molecule has 0 aliphatic heterocycles. The van der Waals surface area contributed by atoms with Gasteiger partial charge >= 0.3 is 0 Å². The highest BCUT2D eigenvalue weighted by Gasteiger charge is 2.32. The quantitative estimate of drug-likeness (QED) is 0.875. The number of para-hydroxylation sites is 1. The number of Topliss-reactive ketones (excluding diaryl/α,β-unsaturated/α-hetero) is 1. The van der Waals surface area contributed by atoms with Gasteiger partial charge in [0.05, 0.1) is 10.7 Å². The van der Waals surface area contributed by atoms with Gasteiger partial charge in [-0.05, 0) is 30.0 Å². The number of fused-ring (bicyclic) bond motifs is 1. The molecule has 1 aromatic carbocycles. The van der Waals surface area contributed by atoms with Crippen LogP contribution in [0.25, 0.3) is 0 Å². The molecule has 1 heterocycles. The second-order valence-electron chi connectivity index (χ2n) is 6.78. The molecule has 0 radical (unpaired) electrons. The highest BCUT2D eigenvalue weighted by Crippen LogP contribution is 2.33. The van der Waals surface area contributed by atoms with E-state index in [-0.39, 0.29) is 16.8 Å². The number of halogens is 1. The Bertz CT molecular complexity index is 899. The second-order valence-corrected chi connectivity index (χ2v) is 7.19. The normalized spacial score (nSPS) is 15.7. The first-order valence-corrected chi connectivity index (χ1v) is 8.00. The predicted molar refractivity (Wildman–Crippen MR) is 92.9 cm³/mol. The van der Waals surface area contributed by atoms with E-state index in [1.54, 1.807) is 24.3 Å². The second kappa shape index (κ2) is 5.91. The molecule has 6 heteroatoms. The third kappa shape index (κ3) is 3.12. The lowest BCUT2D eigenvalue weighted by Crippen LogP contribution is -2.32. The molecule has 0 spiro atoms. The van der Waals surface area contributed by atoms with Gasteiger partial charge in [-0.25, -0.2) is 0 Å². The van der Waals surface area contributed by atoms with Crippen LogP contribution in [-0.4, -0.2) is 16.7 Å². The molecule has 0 saturated heterocycles. The summed E-state index contributed by atoms with van der Waals surface area (Å²) in [5.74, 6) is -0.658. The summed E-state index contributed by atoms with van der Waals surface area (Å²) >= 11 is 6.01. The number of carbonyl (C=O) groups is 2. The number of hydrogen-bond donors (Lipinski definition) is 2. The van der Waals surface area contributed by atoms with Crippen LogP contribution in [0.15, 0.2) is 35.1 Å². The molecule has 3 rings (SSSR count). The minimum atomic E-state index is -0.593. The number of aromatic nitrogens is 1. The molecule has 5 nitrogen and oxygen atoms in total. The molecule has 1 aliphatic carbocycles. The lowest BCUT2D eigenvalue weighted by molar-refractivity contribution is 0.0910. The third-order valence-electron chi connectivity index (χ3n) is 4.08. The van der Waals surface area contributed by atoms with Crippen molar-refractivity contribution in [3.8, 4) is 0 Å². The summed E-state index contributed by atoms with van der Waals surface area (Å²) in [6.45, 7) is 3.95. The van der Waals surface area contributed by atoms with Gasteiger partial charge in [0, 0.05) is 17.7 Å². The summed E-state index contributed by atoms with van der Waals surface area (Å²) in [5.41, 5.74) is 0.613. The molecule has 1 aliphatic rings. The Balaban J connectivity index is 1.97. The molecule has 2 N–H and O–H groups in total. The van der Waals surface area contributed by atoms with Crippen LogP contribution in [0.4, 0.5) is 5.69 Å². The van der Waals surface area contributed by atoms with Gasteiger partial charge in [0.15, 0.2) is 5.78 Å². The summed E-state index contributed by atoms with van der Waals surface area (Å²) in [6, 6.07) is 8.13. The van der Waals surface area contributed by atoms with Gasteiger partial charge in [-0.1, -0.05) is 37.6 Å². The maximum Gasteiger partial charge on any atom is 0.261 e. The fourth-order valence-corrected chi connectivity index (χ4v) is 3.13. The number of ketones is 1. The highest BCUT2D eigenvalue weighted by atomic mass is 35.5. The Morgan fingerprint density at radius 2 is 1.92 bits per heavy atom. The van der Waals surface area contributed by atoms with Gasteiger partial charge in [0.25, 0.3) is 11.5 Å². The molecule has 1 aromatic heterocycles. The van der Waals surface area contributed by atoms with Crippen LogP contribution in [0.2, 0.25) is 5.02 Å². The van der Waals surface area contributed by atoms with Crippen molar-refractivity contribution in [2.45, 2.75) is 26.7 Å². The van der Waals surface area contributed by atoms with Crippen LogP contribution in [0.1, 0.15) is 46.7 Å². The van der Waals surface area contributed by atoms with Crippen LogP contribution in [0.5, 0.6) is 0 Å². The average molecular weight is 345 g/mol. The molecule has 0 atom stereocenters. The first kappa shape index (κ1) is 16.5. The van der Waals surface area contributed by atoms with Crippen molar-refractivity contribution in [2.75, 3.05) is 5.32 Å². The standard InChI is InChI=1S/C18H17ClN2O3/c1-18(2)8-14-10(15(22)9-18)7-11(17(24)21-14)16(23)20-13-6-4-3-5-12(13)19/h3-7H,8-9H2,1-2H3,(H,20,23)(H,21,24). The van der Waals surface area contributed by atoms with E-state index in [0.29, 0.717) is 34.8 Å². The molecule has 2 aromatic rings. The molecule has 0 unspecified atom stereocenters. The van der Waals surface area contributed by atoms with Crippen molar-refractivity contribution >= 4 is 29.0 Å². The maximum absolute atomic E-state index is 12.4. The van der Waals surface area contributed by atoms with E-state index in [1.807, 2.05) is 13.8 Å². The molecule has 124 valence electrons. The number of benzene rings is 1. The summed E-state index contributed by atoms with van der Waals surface area (Å²) in [5, 5.41) is 2.98. The van der Waals surface area contributed by atoms with E-state index >= 15 is 0 Å². The highest BCUT2D eigenvalue weighted by molar-refractivity contribution is 6.33. The van der Waals surface area contributed by atoms with E-state index in [2.05, 4.69) is 10.3 Å². The van der Waals surface area contributed by atoms with Crippen LogP contribution >= 0.6 is 11.6 Å². The minimum absolute atomic E-state index is 0.0655. The molecule has 0 fully saturated rings. The van der Waals surface area contributed by atoms with Crippen LogP contribution in [0, 0.1) is 5.41 Å². The summed E-state index contributed by atoms with van der Waals surface area (Å²) in [4.78, 5) is 39.7. The van der Waals surface area contributed by atoms with E-state index in [9.17, 15) is 14.4 Å². The average Bonchev–Trinajstić information content (AvgIpc) is 2.47. The zero-order valence-corrected chi connectivity index (χ0v) is 14.2. The zero-order chi connectivity index (χ0) is 17.5. The summed E-state index contributed by atoms with van der Waals surface area (Å²) in [6.07, 6.45) is 0.980. The number of rotatable bonds is 2. The Labute approximate surface area is 144 Å². The SMILES string of the molecule is CC1(C)CC(=O)c2cc(C(=O)Nc3ccccc3Cl)c(=O)[nH]c2C1. The monoisotopic (exact) mass is 344 g/mol. The summed E-state index contributed by atoms with van der Waals surface area (Å²) < 4.78 is 0. The van der Waals surface area contributed by atoms with Crippen molar-refractivity contribution in [2.24, 2.45) is 5.41 Å². The largest absolute Gasteiger partial charge is 0.325 e. The van der Waals surface area contributed by atoms with Gasteiger partial charge in [0.2, 0.25) is 0 Å². The van der Waals surface area contributed by atoms with Crippen molar-refractivity contribution in [1.82, 2.24) is 4.98 Å². The molecular formula is C18H17ClN2O3. The Morgan fingerprint density at radius 1 is 1.21 bits per heavy atom. The summed E-state index contributed by atoms with van der Waals surface area (Å²) in [7, 11) is 0. The van der Waals surface area contributed by atoms with E-state index < -0.39 is 11.5 Å². The number of carbonyl (C=O) groups excluding carboxylic acids is 2. The van der Waals surface area contributed by atoms with E-state index in [0.717, 1.165) is 0 Å². The fraction of sp³-hybridized carbons (Fsp3) is 0.278. The minimum Gasteiger partial charge on any atom is -0.325 e. The number of H-pyrrole nitrogens is 1. The number of hydrogen-bond acceptors (Lipinski definition) is 3. The lowest BCUT2D eigenvalue weighted by atomic mass is 9.75. The van der Waals surface area contributed by atoms with Crippen LogP contribution in [-0.2, 0) is 6.42 Å². The van der Waals surface area contributed by atoms with Crippen LogP contribution < -0.4 is 10.9 Å². The predicted octanol–water partition coefficient (Wildman–Crippen LogP) is 3.44. The number of nitrogens with one attached hydrogen (secondary N) is 2. The van der Waals surface area contributed by atoms with Gasteiger partial charge in [0.1, 0.15) is 5.56 Å². The van der Waals surface area contributed by atoms with Crippen molar-refractivity contribution in [1.29, 1.82) is 0 Å². The van der Waals surface area contributed by atoms with Gasteiger partial charge in [-0.2, -0.15) is 0 Å². The number of aromatic amines is 1. The molecule has 0 saturated carbocycles. The molecule has 1 amide bonds. The zero-order valence-electron chi connectivity index (χ0n) is 13.4. The maximum atomic E-state index is 12.4. The van der Waals surface area contributed by atoms with Crippen molar-refractivity contribution in [3.05, 3.63) is 62.5 Å². The fourth-order valence-electron chi connectivity index (χ4n) is 2.95. The first-order chi connectivity index (χ1) is 11.3.